The molecule has 0 aliphatic heterocycles. The van der Waals surface area contributed by atoms with Crippen LogP contribution >= 0.6 is 0 Å². The molecular weight excluding hydrogens is 438 g/mol. The Morgan fingerprint density at radius 2 is 1.58 bits per heavy atom. The van der Waals surface area contributed by atoms with E-state index in [9.17, 15) is 27.2 Å². The Bertz CT molecular complexity index is 1430. The molecule has 5 rings (SSSR count). The van der Waals surface area contributed by atoms with Gasteiger partial charge in [0.05, 0.1) is 11.2 Å². The Morgan fingerprint density at radius 3 is 2.30 bits per heavy atom. The van der Waals surface area contributed by atoms with Crippen LogP contribution in [0.2, 0.25) is 0 Å². The van der Waals surface area contributed by atoms with Gasteiger partial charge in [-0.15, -0.1) is 0 Å². The van der Waals surface area contributed by atoms with Gasteiger partial charge in [0.2, 0.25) is 5.92 Å². The van der Waals surface area contributed by atoms with Crippen molar-refractivity contribution >= 4 is 33.7 Å². The highest BCUT2D eigenvalue weighted by Crippen LogP contribution is 2.41. The average molecular weight is 457 g/mol. The van der Waals surface area contributed by atoms with Gasteiger partial charge in [-0.2, -0.15) is 0 Å². The zero-order valence-electron chi connectivity index (χ0n) is 17.3. The lowest BCUT2D eigenvalue weighted by molar-refractivity contribution is -0.0382. The van der Waals surface area contributed by atoms with Gasteiger partial charge in [-0.3, -0.25) is 9.59 Å². The molecule has 3 N–H and O–H groups in total. The molecule has 1 aliphatic carbocycles. The van der Waals surface area contributed by atoms with Crippen molar-refractivity contribution in [3.05, 3.63) is 80.2 Å². The molecule has 5 nitrogen and oxygen atoms in total. The monoisotopic (exact) mass is 457 g/mol. The maximum Gasteiger partial charge on any atom is 0.253 e. The standard InChI is InChI=1S/C24H19F4N3O2/c25-16-9-15-18(10-17(16)26)29-11-19(15)31-21-20(22(32)23(21)33)30-14-3-1-2-13(8-14)12-4-6-24(27,28)7-5-12/h1-3,8-12,29-31H,4-7H2. The Morgan fingerprint density at radius 1 is 0.909 bits per heavy atom. The topological polar surface area (TPSA) is 74.0 Å². The highest BCUT2D eigenvalue weighted by atomic mass is 19.3. The van der Waals surface area contributed by atoms with Gasteiger partial charge in [0.15, 0.2) is 11.6 Å². The molecule has 4 aromatic rings. The summed E-state index contributed by atoms with van der Waals surface area (Å²) in [5, 5.41) is 6.09. The van der Waals surface area contributed by atoms with E-state index in [1.165, 1.54) is 6.20 Å². The summed E-state index contributed by atoms with van der Waals surface area (Å²) in [5.41, 5.74) is 0.686. The normalized spacial score (nSPS) is 16.4. The van der Waals surface area contributed by atoms with E-state index in [4.69, 9.17) is 0 Å². The zero-order chi connectivity index (χ0) is 23.3. The van der Waals surface area contributed by atoms with Crippen LogP contribution in [0, 0.1) is 11.6 Å². The molecular formula is C24H19F4N3O2. The van der Waals surface area contributed by atoms with E-state index in [1.807, 2.05) is 6.07 Å². The van der Waals surface area contributed by atoms with Crippen LogP contribution in [-0.4, -0.2) is 10.9 Å². The number of aromatic amines is 1. The Kier molecular flexibility index (Phi) is 4.99. The van der Waals surface area contributed by atoms with Gasteiger partial charge >= 0.3 is 0 Å². The Hall–Kier alpha value is -3.62. The SMILES string of the molecule is O=c1c(Nc2cccc(C3CCC(F)(F)CC3)c2)c(Nc2c[nH]c3cc(F)c(F)cc23)c1=O. The minimum absolute atomic E-state index is 0.00168. The van der Waals surface area contributed by atoms with Gasteiger partial charge in [0.1, 0.15) is 11.4 Å². The number of H-pyrrole nitrogens is 1. The minimum atomic E-state index is -2.62. The number of alkyl halides is 2. The van der Waals surface area contributed by atoms with Gasteiger partial charge in [-0.1, -0.05) is 12.1 Å². The predicted octanol–water partition coefficient (Wildman–Crippen LogP) is 5.82. The van der Waals surface area contributed by atoms with Crippen LogP contribution in [-0.2, 0) is 0 Å². The molecule has 170 valence electrons. The number of hydrogen-bond donors (Lipinski definition) is 3. The summed E-state index contributed by atoms with van der Waals surface area (Å²) < 4.78 is 54.1. The maximum absolute atomic E-state index is 13.7. The summed E-state index contributed by atoms with van der Waals surface area (Å²) in [4.78, 5) is 27.2. The number of rotatable bonds is 5. The third kappa shape index (κ3) is 3.88. The van der Waals surface area contributed by atoms with E-state index >= 15 is 0 Å². The second kappa shape index (κ2) is 7.75. The second-order valence-corrected chi connectivity index (χ2v) is 8.43. The van der Waals surface area contributed by atoms with E-state index in [0.29, 0.717) is 35.1 Å². The van der Waals surface area contributed by atoms with Crippen molar-refractivity contribution in [3.8, 4) is 0 Å². The summed E-state index contributed by atoms with van der Waals surface area (Å²) in [5.74, 6) is -4.66. The number of anilines is 4. The molecule has 1 aliphatic rings. The summed E-state index contributed by atoms with van der Waals surface area (Å²) in [6, 6.07) is 9.13. The average Bonchev–Trinajstić information content (AvgIpc) is 3.17. The van der Waals surface area contributed by atoms with Crippen molar-refractivity contribution in [1.29, 1.82) is 0 Å². The lowest BCUT2D eigenvalue weighted by Crippen LogP contribution is -2.35. The molecule has 1 fully saturated rings. The Balaban J connectivity index is 1.39. The first-order chi connectivity index (χ1) is 15.7. The van der Waals surface area contributed by atoms with Crippen LogP contribution in [0.15, 0.2) is 52.2 Å². The molecule has 9 heteroatoms. The van der Waals surface area contributed by atoms with E-state index in [-0.39, 0.29) is 30.1 Å². The molecule has 3 aromatic carbocycles. The Labute approximate surface area is 185 Å². The van der Waals surface area contributed by atoms with Crippen LogP contribution in [0.4, 0.5) is 40.3 Å². The van der Waals surface area contributed by atoms with Crippen molar-refractivity contribution in [2.45, 2.75) is 37.5 Å². The molecule has 0 amide bonds. The van der Waals surface area contributed by atoms with Crippen LogP contribution in [0.1, 0.15) is 37.2 Å². The number of benzene rings is 2. The first kappa shape index (κ1) is 21.2. The molecule has 0 spiro atoms. The zero-order valence-corrected chi connectivity index (χ0v) is 17.3. The molecule has 1 saturated carbocycles. The van der Waals surface area contributed by atoms with Crippen LogP contribution < -0.4 is 21.5 Å². The summed E-state index contributed by atoms with van der Waals surface area (Å²) in [7, 11) is 0. The molecule has 0 bridgehead atoms. The molecule has 33 heavy (non-hydrogen) atoms. The fourth-order valence-electron chi connectivity index (χ4n) is 4.37. The highest BCUT2D eigenvalue weighted by Gasteiger charge is 2.35. The van der Waals surface area contributed by atoms with Gasteiger partial charge in [0.25, 0.3) is 10.9 Å². The van der Waals surface area contributed by atoms with Gasteiger partial charge in [-0.05, 0) is 42.5 Å². The molecule has 0 radical (unpaired) electrons. The number of fused-ring (bicyclic) bond motifs is 1. The van der Waals surface area contributed by atoms with E-state index in [2.05, 4.69) is 15.6 Å². The summed E-state index contributed by atoms with van der Waals surface area (Å²) in [6.07, 6.45) is 1.89. The van der Waals surface area contributed by atoms with Crippen LogP contribution in [0.5, 0.6) is 0 Å². The fourth-order valence-corrected chi connectivity index (χ4v) is 4.37. The largest absolute Gasteiger partial charge is 0.359 e. The molecule has 0 atom stereocenters. The summed E-state index contributed by atoms with van der Waals surface area (Å²) >= 11 is 0. The maximum atomic E-state index is 13.7. The molecule has 1 aromatic heterocycles. The minimum Gasteiger partial charge on any atom is -0.359 e. The fraction of sp³-hybridized carbons (Fsp3) is 0.250. The molecule has 1 heterocycles. The lowest BCUT2D eigenvalue weighted by Gasteiger charge is -2.28. The van der Waals surface area contributed by atoms with Crippen molar-refractivity contribution in [3.63, 3.8) is 0 Å². The smallest absolute Gasteiger partial charge is 0.253 e. The van der Waals surface area contributed by atoms with Gasteiger partial charge < -0.3 is 15.6 Å². The second-order valence-electron chi connectivity index (χ2n) is 8.43. The third-order valence-electron chi connectivity index (χ3n) is 6.24. The van der Waals surface area contributed by atoms with Crippen LogP contribution in [0.3, 0.4) is 0 Å². The number of hydrogen-bond acceptors (Lipinski definition) is 4. The first-order valence-corrected chi connectivity index (χ1v) is 10.5. The lowest BCUT2D eigenvalue weighted by atomic mass is 9.82. The van der Waals surface area contributed by atoms with Gasteiger partial charge in [0, 0.05) is 36.2 Å². The third-order valence-corrected chi connectivity index (χ3v) is 6.24. The first-order valence-electron chi connectivity index (χ1n) is 10.5. The van der Waals surface area contributed by atoms with E-state index < -0.39 is 28.4 Å². The quantitative estimate of drug-likeness (QED) is 0.261. The number of aromatic nitrogens is 1. The highest BCUT2D eigenvalue weighted by molar-refractivity contribution is 5.96. The number of halogens is 4. The van der Waals surface area contributed by atoms with Crippen molar-refractivity contribution < 1.29 is 17.6 Å². The van der Waals surface area contributed by atoms with Crippen LogP contribution in [0.25, 0.3) is 10.9 Å². The number of nitrogens with one attached hydrogen (secondary N) is 3. The summed E-state index contributed by atoms with van der Waals surface area (Å²) in [6.45, 7) is 0. The predicted molar refractivity (Wildman–Crippen MR) is 119 cm³/mol. The van der Waals surface area contributed by atoms with Crippen molar-refractivity contribution in [1.82, 2.24) is 4.98 Å². The molecule has 0 unspecified atom stereocenters. The molecule has 0 saturated heterocycles. The van der Waals surface area contributed by atoms with E-state index in [1.54, 1.807) is 18.2 Å². The van der Waals surface area contributed by atoms with Gasteiger partial charge in [-0.25, -0.2) is 17.6 Å². The van der Waals surface area contributed by atoms with Crippen molar-refractivity contribution in [2.75, 3.05) is 10.6 Å². The van der Waals surface area contributed by atoms with E-state index in [0.717, 1.165) is 17.7 Å². The van der Waals surface area contributed by atoms with Crippen molar-refractivity contribution in [2.24, 2.45) is 0 Å².